The molecular formula is C16H20Cl3N3O3. The summed E-state index contributed by atoms with van der Waals surface area (Å²) >= 11 is 5.81. The number of nitrogens with zero attached hydrogens (tertiary/aromatic N) is 1. The number of hydrogen-bond acceptors (Lipinski definition) is 5. The van der Waals surface area contributed by atoms with Crippen LogP contribution in [0.1, 0.15) is 0 Å². The maximum absolute atomic E-state index is 11.7. The second-order valence-electron chi connectivity index (χ2n) is 4.66. The molecular weight excluding hydrogens is 389 g/mol. The van der Waals surface area contributed by atoms with Gasteiger partial charge >= 0.3 is 0 Å². The minimum absolute atomic E-state index is 0. The number of hydrogen-bond donors (Lipinski definition) is 2. The van der Waals surface area contributed by atoms with Crippen molar-refractivity contribution in [3.05, 3.63) is 47.6 Å². The van der Waals surface area contributed by atoms with Crippen LogP contribution in [-0.4, -0.2) is 37.7 Å². The first kappa shape index (κ1) is 23.4. The maximum Gasteiger partial charge on any atom is 0.238 e. The van der Waals surface area contributed by atoms with E-state index >= 15 is 0 Å². The van der Waals surface area contributed by atoms with Gasteiger partial charge < -0.3 is 20.1 Å². The quantitative estimate of drug-likeness (QED) is 0.654. The van der Waals surface area contributed by atoms with Crippen LogP contribution in [0.4, 0.5) is 5.69 Å². The topological polar surface area (TPSA) is 72.5 Å². The van der Waals surface area contributed by atoms with Crippen molar-refractivity contribution < 1.29 is 14.3 Å². The average molecular weight is 409 g/mol. The third-order valence-electron chi connectivity index (χ3n) is 2.82. The minimum Gasteiger partial charge on any atom is -0.439 e. The molecule has 25 heavy (non-hydrogen) atoms. The Hall–Kier alpha value is -1.57. The van der Waals surface area contributed by atoms with Gasteiger partial charge in [-0.2, -0.15) is 0 Å². The van der Waals surface area contributed by atoms with Gasteiger partial charge in [-0.1, -0.05) is 11.6 Å². The lowest BCUT2D eigenvalue weighted by Crippen LogP contribution is -2.30. The predicted octanol–water partition coefficient (Wildman–Crippen LogP) is 3.55. The molecule has 1 amide bonds. The van der Waals surface area contributed by atoms with E-state index in [1.807, 2.05) is 0 Å². The Bertz CT molecular complexity index is 625. The van der Waals surface area contributed by atoms with Crippen LogP contribution in [0.2, 0.25) is 5.02 Å². The molecule has 2 N–H and O–H groups in total. The Morgan fingerprint density at radius 3 is 2.48 bits per heavy atom. The molecule has 0 fully saturated rings. The van der Waals surface area contributed by atoms with E-state index in [-0.39, 0.29) is 37.3 Å². The van der Waals surface area contributed by atoms with Gasteiger partial charge in [-0.15, -0.1) is 24.8 Å². The molecule has 2 aromatic rings. The van der Waals surface area contributed by atoms with Crippen LogP contribution in [0.25, 0.3) is 0 Å². The normalized spacial score (nSPS) is 9.52. The number of aromatic nitrogens is 1. The van der Waals surface area contributed by atoms with Crippen molar-refractivity contribution in [3.8, 4) is 11.6 Å². The highest BCUT2D eigenvalue weighted by Crippen LogP contribution is 2.22. The molecule has 0 aliphatic carbocycles. The third-order valence-corrected chi connectivity index (χ3v) is 3.08. The highest BCUT2D eigenvalue weighted by Gasteiger charge is 2.03. The van der Waals surface area contributed by atoms with E-state index in [2.05, 4.69) is 15.6 Å². The number of rotatable bonds is 8. The zero-order chi connectivity index (χ0) is 16.5. The fourth-order valence-electron chi connectivity index (χ4n) is 1.72. The molecule has 0 unspecified atom stereocenters. The van der Waals surface area contributed by atoms with E-state index in [9.17, 15) is 4.79 Å². The fourth-order valence-corrected chi connectivity index (χ4v) is 1.85. The van der Waals surface area contributed by atoms with Crippen LogP contribution in [-0.2, 0) is 9.53 Å². The first-order valence-corrected chi connectivity index (χ1v) is 7.44. The predicted molar refractivity (Wildman–Crippen MR) is 104 cm³/mol. The second kappa shape index (κ2) is 12.7. The summed E-state index contributed by atoms with van der Waals surface area (Å²) < 4.78 is 10.5. The molecule has 6 nitrogen and oxygen atoms in total. The van der Waals surface area contributed by atoms with Crippen molar-refractivity contribution >= 4 is 48.0 Å². The number of carbonyl (C=O) groups excluding carboxylic acids is 1. The van der Waals surface area contributed by atoms with Crippen LogP contribution in [0.3, 0.4) is 0 Å². The molecule has 0 bridgehead atoms. The number of nitrogens with one attached hydrogen (secondary N) is 2. The maximum atomic E-state index is 11.7. The van der Waals surface area contributed by atoms with E-state index in [0.717, 1.165) is 0 Å². The first-order chi connectivity index (χ1) is 11.2. The van der Waals surface area contributed by atoms with Crippen LogP contribution < -0.4 is 15.4 Å². The molecule has 0 saturated carbocycles. The van der Waals surface area contributed by atoms with Gasteiger partial charge in [-0.05, 0) is 30.3 Å². The third kappa shape index (κ3) is 8.90. The second-order valence-corrected chi connectivity index (χ2v) is 5.10. The summed E-state index contributed by atoms with van der Waals surface area (Å²) in [6.45, 7) is 1.40. The van der Waals surface area contributed by atoms with Gasteiger partial charge in [0, 0.05) is 24.7 Å². The van der Waals surface area contributed by atoms with Gasteiger partial charge in [0.2, 0.25) is 11.8 Å². The summed E-state index contributed by atoms with van der Waals surface area (Å²) in [5.41, 5.74) is 0.604. The largest absolute Gasteiger partial charge is 0.439 e. The highest BCUT2D eigenvalue weighted by atomic mass is 35.5. The van der Waals surface area contributed by atoms with Crippen molar-refractivity contribution in [2.75, 3.05) is 32.1 Å². The van der Waals surface area contributed by atoms with E-state index < -0.39 is 0 Å². The number of anilines is 1. The Morgan fingerprint density at radius 2 is 1.88 bits per heavy atom. The van der Waals surface area contributed by atoms with E-state index in [4.69, 9.17) is 21.1 Å². The van der Waals surface area contributed by atoms with Crippen LogP contribution >= 0.6 is 36.4 Å². The van der Waals surface area contributed by atoms with Crippen molar-refractivity contribution in [2.24, 2.45) is 0 Å². The molecule has 2 rings (SSSR count). The summed E-state index contributed by atoms with van der Waals surface area (Å²) in [5.74, 6) is 0.929. The zero-order valence-electron chi connectivity index (χ0n) is 13.5. The molecule has 9 heteroatoms. The number of benzene rings is 1. The molecule has 0 saturated heterocycles. The SMILES string of the molecule is COCCNCC(=O)Nc1ccc(Oc2ccc(Cl)cc2)nc1.Cl.Cl. The Labute approximate surface area is 164 Å². The Balaban J connectivity index is 0.00000288. The first-order valence-electron chi connectivity index (χ1n) is 7.06. The molecule has 138 valence electrons. The van der Waals surface area contributed by atoms with E-state index in [1.54, 1.807) is 43.5 Å². The van der Waals surface area contributed by atoms with E-state index in [1.165, 1.54) is 6.20 Å². The Morgan fingerprint density at radius 1 is 1.16 bits per heavy atom. The number of ether oxygens (including phenoxy) is 2. The van der Waals surface area contributed by atoms with Gasteiger partial charge in [-0.3, -0.25) is 4.79 Å². The lowest BCUT2D eigenvalue weighted by Gasteiger charge is -2.08. The van der Waals surface area contributed by atoms with Crippen LogP contribution in [0.5, 0.6) is 11.6 Å². The van der Waals surface area contributed by atoms with Gasteiger partial charge in [0.25, 0.3) is 0 Å². The summed E-state index contributed by atoms with van der Waals surface area (Å²) in [5, 5.41) is 6.34. The minimum atomic E-state index is -0.144. The average Bonchev–Trinajstić information content (AvgIpc) is 2.56. The number of halogens is 3. The monoisotopic (exact) mass is 407 g/mol. The van der Waals surface area contributed by atoms with Crippen LogP contribution in [0, 0.1) is 0 Å². The van der Waals surface area contributed by atoms with Crippen molar-refractivity contribution in [2.45, 2.75) is 0 Å². The molecule has 1 heterocycles. The molecule has 1 aromatic carbocycles. The summed E-state index contributed by atoms with van der Waals surface area (Å²) in [7, 11) is 1.61. The molecule has 0 aliphatic heterocycles. The van der Waals surface area contributed by atoms with Crippen molar-refractivity contribution in [1.29, 1.82) is 0 Å². The summed E-state index contributed by atoms with van der Waals surface area (Å²) in [6.07, 6.45) is 1.54. The van der Waals surface area contributed by atoms with Gasteiger partial charge in [0.15, 0.2) is 0 Å². The number of pyridine rings is 1. The van der Waals surface area contributed by atoms with Crippen molar-refractivity contribution in [1.82, 2.24) is 10.3 Å². The molecule has 0 spiro atoms. The van der Waals surface area contributed by atoms with Gasteiger partial charge in [-0.25, -0.2) is 4.98 Å². The zero-order valence-corrected chi connectivity index (χ0v) is 15.9. The summed E-state index contributed by atoms with van der Waals surface area (Å²) in [6, 6.07) is 10.4. The highest BCUT2D eigenvalue weighted by molar-refractivity contribution is 6.30. The molecule has 0 atom stereocenters. The number of carbonyl (C=O) groups is 1. The number of amides is 1. The smallest absolute Gasteiger partial charge is 0.238 e. The fraction of sp³-hybridized carbons (Fsp3) is 0.250. The molecule has 0 radical (unpaired) electrons. The van der Waals surface area contributed by atoms with Crippen LogP contribution in [0.15, 0.2) is 42.6 Å². The number of methoxy groups -OCH3 is 1. The molecule has 0 aliphatic rings. The van der Waals surface area contributed by atoms with Gasteiger partial charge in [0.05, 0.1) is 25.0 Å². The Kier molecular flexibility index (Phi) is 11.9. The van der Waals surface area contributed by atoms with Crippen molar-refractivity contribution in [3.63, 3.8) is 0 Å². The van der Waals surface area contributed by atoms with E-state index in [0.29, 0.717) is 35.5 Å². The summed E-state index contributed by atoms with van der Waals surface area (Å²) in [4.78, 5) is 15.8. The van der Waals surface area contributed by atoms with Gasteiger partial charge in [0.1, 0.15) is 5.75 Å². The molecule has 1 aromatic heterocycles. The standard InChI is InChI=1S/C16H18ClN3O3.2ClH/c1-22-9-8-18-11-15(21)20-13-4-7-16(19-10-13)23-14-5-2-12(17)3-6-14;;/h2-7,10,18H,8-9,11H2,1H3,(H,20,21);2*1H. The lowest BCUT2D eigenvalue weighted by atomic mass is 10.3. The lowest BCUT2D eigenvalue weighted by molar-refractivity contribution is -0.115.